The number of benzene rings is 1. The van der Waals surface area contributed by atoms with Crippen molar-refractivity contribution in [2.45, 2.75) is 6.92 Å². The third-order valence-electron chi connectivity index (χ3n) is 5.38. The zero-order valence-electron chi connectivity index (χ0n) is 17.0. The first-order valence-corrected chi connectivity index (χ1v) is 10.9. The first-order valence-electron chi connectivity index (χ1n) is 10.1. The lowest BCUT2D eigenvalue weighted by molar-refractivity contribution is 0.574. The van der Waals surface area contributed by atoms with Crippen molar-refractivity contribution in [3.05, 3.63) is 88.5 Å². The van der Waals surface area contributed by atoms with Gasteiger partial charge in [-0.1, -0.05) is 12.1 Å². The molecule has 0 unspecified atom stereocenters. The number of nitrogens with zero attached hydrogens (tertiary/aromatic N) is 3. The van der Waals surface area contributed by atoms with Gasteiger partial charge in [-0.15, -0.1) is 11.3 Å². The number of fused-ring (bicyclic) bond motifs is 2. The van der Waals surface area contributed by atoms with Crippen LogP contribution in [0, 0.1) is 6.92 Å². The molecule has 0 aliphatic heterocycles. The molecule has 6 aromatic rings. The normalized spacial score (nSPS) is 11.4. The van der Waals surface area contributed by atoms with E-state index >= 15 is 0 Å². The highest BCUT2D eigenvalue weighted by atomic mass is 32.1. The minimum absolute atomic E-state index is 0.282. The fourth-order valence-electron chi connectivity index (χ4n) is 3.86. The number of aromatic amines is 1. The van der Waals surface area contributed by atoms with Crippen molar-refractivity contribution in [2.24, 2.45) is 0 Å². The summed E-state index contributed by atoms with van der Waals surface area (Å²) >= 11 is 1.68. The molecule has 6 nitrogen and oxygen atoms in total. The Balaban J connectivity index is 1.64. The maximum absolute atomic E-state index is 12.7. The zero-order valence-corrected chi connectivity index (χ0v) is 17.8. The highest BCUT2D eigenvalue weighted by Gasteiger charge is 2.16. The summed E-state index contributed by atoms with van der Waals surface area (Å²) in [5.74, 6) is 0.282. The van der Waals surface area contributed by atoms with Crippen LogP contribution in [0.2, 0.25) is 0 Å². The second-order valence-corrected chi connectivity index (χ2v) is 8.78. The number of oxazole rings is 1. The maximum Gasteiger partial charge on any atom is 0.262 e. The predicted molar refractivity (Wildman–Crippen MR) is 127 cm³/mol. The van der Waals surface area contributed by atoms with E-state index in [0.717, 1.165) is 38.0 Å². The Labute approximate surface area is 186 Å². The summed E-state index contributed by atoms with van der Waals surface area (Å²) in [6.07, 6.45) is 4.77. The van der Waals surface area contributed by atoms with E-state index in [4.69, 9.17) is 9.40 Å². The van der Waals surface area contributed by atoms with Gasteiger partial charge in [0, 0.05) is 27.4 Å². The topological polar surface area (TPSA) is 84.7 Å². The van der Waals surface area contributed by atoms with Crippen LogP contribution in [0.4, 0.5) is 0 Å². The van der Waals surface area contributed by atoms with Gasteiger partial charge in [0.15, 0.2) is 0 Å². The fraction of sp³-hybridized carbons (Fsp3) is 0.0400. The van der Waals surface area contributed by atoms with Gasteiger partial charge in [-0.25, -0.2) is 9.97 Å². The van der Waals surface area contributed by atoms with Crippen LogP contribution in [-0.2, 0) is 0 Å². The van der Waals surface area contributed by atoms with Gasteiger partial charge >= 0.3 is 0 Å². The summed E-state index contributed by atoms with van der Waals surface area (Å²) < 4.78 is 5.35. The molecule has 0 aliphatic rings. The van der Waals surface area contributed by atoms with Gasteiger partial charge in [-0.05, 0) is 55.0 Å². The number of hydrogen-bond acceptors (Lipinski definition) is 6. The quantitative estimate of drug-likeness (QED) is 0.377. The molecule has 0 atom stereocenters. The molecule has 7 heteroatoms. The van der Waals surface area contributed by atoms with Crippen LogP contribution in [0.1, 0.15) is 4.88 Å². The number of aromatic nitrogens is 4. The maximum atomic E-state index is 12.7. The standard InChI is InChI=1S/C25H16N4O2S/c1-14-4-7-21(32-14)22-18(15-5-6-20-16(11-15)3-2-8-26-20)12-17-13-19(25-27-9-10-31-25)24(30)29-23(17)28-22/h2-13H,1H3,(H,28,29,30). The van der Waals surface area contributed by atoms with Crippen molar-refractivity contribution < 1.29 is 4.42 Å². The van der Waals surface area contributed by atoms with Crippen LogP contribution in [0.25, 0.3) is 55.1 Å². The Kier molecular flexibility index (Phi) is 4.22. The summed E-state index contributed by atoms with van der Waals surface area (Å²) in [6, 6.07) is 18.2. The first kappa shape index (κ1) is 18.7. The summed E-state index contributed by atoms with van der Waals surface area (Å²) in [5.41, 5.74) is 4.40. The molecule has 154 valence electrons. The van der Waals surface area contributed by atoms with Crippen LogP contribution < -0.4 is 5.56 Å². The third kappa shape index (κ3) is 3.11. The Morgan fingerprint density at radius 3 is 2.66 bits per heavy atom. The van der Waals surface area contributed by atoms with Gasteiger partial charge in [0.25, 0.3) is 5.56 Å². The number of hydrogen-bond donors (Lipinski definition) is 1. The molecule has 0 saturated heterocycles. The van der Waals surface area contributed by atoms with Gasteiger partial charge in [0.05, 0.1) is 22.3 Å². The van der Waals surface area contributed by atoms with E-state index in [1.807, 2.05) is 18.2 Å². The van der Waals surface area contributed by atoms with Crippen molar-refractivity contribution in [1.29, 1.82) is 0 Å². The van der Waals surface area contributed by atoms with E-state index in [1.54, 1.807) is 23.6 Å². The number of pyridine rings is 3. The van der Waals surface area contributed by atoms with Crippen molar-refractivity contribution in [3.8, 4) is 33.2 Å². The second kappa shape index (κ2) is 7.25. The Morgan fingerprint density at radius 2 is 1.84 bits per heavy atom. The van der Waals surface area contributed by atoms with Crippen LogP contribution in [0.3, 0.4) is 0 Å². The van der Waals surface area contributed by atoms with Gasteiger partial charge in [0.1, 0.15) is 17.5 Å². The lowest BCUT2D eigenvalue weighted by atomic mass is 9.99. The van der Waals surface area contributed by atoms with E-state index in [-0.39, 0.29) is 11.4 Å². The highest BCUT2D eigenvalue weighted by molar-refractivity contribution is 7.15. The average molecular weight is 436 g/mol. The second-order valence-electron chi connectivity index (χ2n) is 7.49. The Bertz CT molecular complexity index is 1670. The van der Waals surface area contributed by atoms with E-state index in [9.17, 15) is 4.79 Å². The third-order valence-corrected chi connectivity index (χ3v) is 6.39. The lowest BCUT2D eigenvalue weighted by Crippen LogP contribution is -2.10. The largest absolute Gasteiger partial charge is 0.444 e. The molecule has 0 saturated carbocycles. The molecule has 0 fully saturated rings. The molecular formula is C25H16N4O2S. The zero-order chi connectivity index (χ0) is 21.7. The first-order chi connectivity index (χ1) is 15.7. The SMILES string of the molecule is Cc1ccc(-c2nc3[nH]c(=O)c(-c4ncco4)cc3cc2-c2ccc3ncccc3c2)s1. The van der Waals surface area contributed by atoms with Crippen LogP contribution in [0.5, 0.6) is 0 Å². The van der Waals surface area contributed by atoms with Crippen LogP contribution in [-0.4, -0.2) is 19.9 Å². The number of aryl methyl sites for hydroxylation is 1. The summed E-state index contributed by atoms with van der Waals surface area (Å²) in [6.45, 7) is 2.07. The van der Waals surface area contributed by atoms with E-state index in [1.165, 1.54) is 17.3 Å². The van der Waals surface area contributed by atoms with Crippen LogP contribution in [0.15, 0.2) is 82.5 Å². The minimum Gasteiger partial charge on any atom is -0.444 e. The van der Waals surface area contributed by atoms with Gasteiger partial charge < -0.3 is 9.40 Å². The number of rotatable bonds is 3. The lowest BCUT2D eigenvalue weighted by Gasteiger charge is -2.11. The van der Waals surface area contributed by atoms with Crippen molar-refractivity contribution in [2.75, 3.05) is 0 Å². The summed E-state index contributed by atoms with van der Waals surface area (Å²) in [7, 11) is 0. The molecule has 0 aliphatic carbocycles. The van der Waals surface area contributed by atoms with Crippen molar-refractivity contribution in [1.82, 2.24) is 19.9 Å². The summed E-state index contributed by atoms with van der Waals surface area (Å²) in [5, 5.41) is 1.86. The molecular weight excluding hydrogens is 420 g/mol. The van der Waals surface area contributed by atoms with E-state index in [0.29, 0.717) is 11.2 Å². The van der Waals surface area contributed by atoms with Gasteiger partial charge in [0.2, 0.25) is 5.89 Å². The molecule has 5 aromatic heterocycles. The molecule has 1 aromatic carbocycles. The minimum atomic E-state index is -0.287. The predicted octanol–water partition coefficient (Wildman–Crippen LogP) is 5.83. The highest BCUT2D eigenvalue weighted by Crippen LogP contribution is 2.37. The smallest absolute Gasteiger partial charge is 0.262 e. The van der Waals surface area contributed by atoms with E-state index < -0.39 is 0 Å². The van der Waals surface area contributed by atoms with Crippen LogP contribution >= 0.6 is 11.3 Å². The molecule has 0 spiro atoms. The molecule has 0 radical (unpaired) electrons. The fourth-order valence-corrected chi connectivity index (χ4v) is 4.73. The summed E-state index contributed by atoms with van der Waals surface area (Å²) in [4.78, 5) is 31.3. The Morgan fingerprint density at radius 1 is 0.938 bits per heavy atom. The number of thiophene rings is 1. The Hall–Kier alpha value is -4.10. The van der Waals surface area contributed by atoms with Gasteiger partial charge in [-0.2, -0.15) is 0 Å². The molecule has 32 heavy (non-hydrogen) atoms. The number of nitrogens with one attached hydrogen (secondary N) is 1. The molecule has 0 bridgehead atoms. The molecule has 6 rings (SSSR count). The monoisotopic (exact) mass is 436 g/mol. The van der Waals surface area contributed by atoms with E-state index in [2.05, 4.69) is 52.2 Å². The molecule has 0 amide bonds. The molecule has 1 N–H and O–H groups in total. The van der Waals surface area contributed by atoms with Gasteiger partial charge in [-0.3, -0.25) is 9.78 Å². The molecule has 5 heterocycles. The van der Waals surface area contributed by atoms with Crippen molar-refractivity contribution >= 4 is 33.3 Å². The number of H-pyrrole nitrogens is 1. The average Bonchev–Trinajstić information content (AvgIpc) is 3.49. The van der Waals surface area contributed by atoms with Crippen molar-refractivity contribution in [3.63, 3.8) is 0 Å².